The number of nitrogens with zero attached hydrogens (tertiary/aromatic N) is 3. The zero-order valence-corrected chi connectivity index (χ0v) is 13.9. The molecule has 1 N–H and O–H groups in total. The van der Waals surface area contributed by atoms with Gasteiger partial charge < -0.3 is 10.0 Å². The summed E-state index contributed by atoms with van der Waals surface area (Å²) in [5.41, 5.74) is 2.26. The van der Waals surface area contributed by atoms with Crippen molar-refractivity contribution in [3.8, 4) is 0 Å². The molecule has 0 saturated carbocycles. The van der Waals surface area contributed by atoms with E-state index in [1.54, 1.807) is 17.3 Å². The minimum Gasteiger partial charge on any atom is -0.393 e. The van der Waals surface area contributed by atoms with Crippen LogP contribution in [0.1, 0.15) is 34.3 Å². The standard InChI is InChI=1S/C15H21N3O4S/c1-23(21,22)18-7-4-13-11(10-18)8-16-9-14(13)15(20)17-5-2-12(19)3-6-17/h8-9,12,19H,2-7,10H2,1H3. The lowest BCUT2D eigenvalue weighted by atomic mass is 9.97. The molecule has 2 aliphatic rings. The molecular formula is C15H21N3O4S. The molecule has 0 aromatic carbocycles. The summed E-state index contributed by atoms with van der Waals surface area (Å²) in [4.78, 5) is 18.6. The number of aliphatic hydroxyl groups is 1. The Hall–Kier alpha value is -1.51. The largest absolute Gasteiger partial charge is 0.393 e. The fourth-order valence-corrected chi connectivity index (χ4v) is 3.97. The van der Waals surface area contributed by atoms with Gasteiger partial charge in [0.2, 0.25) is 10.0 Å². The molecule has 0 radical (unpaired) electrons. The first-order valence-electron chi connectivity index (χ1n) is 7.74. The zero-order valence-electron chi connectivity index (χ0n) is 13.1. The van der Waals surface area contributed by atoms with Crippen LogP contribution in [0.5, 0.6) is 0 Å². The maximum absolute atomic E-state index is 12.7. The van der Waals surface area contributed by atoms with Crippen molar-refractivity contribution in [1.82, 2.24) is 14.2 Å². The molecule has 0 aliphatic carbocycles. The summed E-state index contributed by atoms with van der Waals surface area (Å²) >= 11 is 0. The van der Waals surface area contributed by atoms with E-state index in [-0.39, 0.29) is 18.6 Å². The van der Waals surface area contributed by atoms with Crippen molar-refractivity contribution in [2.45, 2.75) is 31.9 Å². The van der Waals surface area contributed by atoms with Crippen LogP contribution in [0, 0.1) is 0 Å². The smallest absolute Gasteiger partial charge is 0.255 e. The highest BCUT2D eigenvalue weighted by Crippen LogP contribution is 2.25. The maximum atomic E-state index is 12.7. The number of aliphatic hydroxyl groups excluding tert-OH is 1. The summed E-state index contributed by atoms with van der Waals surface area (Å²) in [6, 6.07) is 0. The minimum atomic E-state index is -3.25. The van der Waals surface area contributed by atoms with Crippen molar-refractivity contribution in [2.75, 3.05) is 25.9 Å². The van der Waals surface area contributed by atoms with Crippen molar-refractivity contribution < 1.29 is 18.3 Å². The highest BCUT2D eigenvalue weighted by Gasteiger charge is 2.29. The van der Waals surface area contributed by atoms with Gasteiger partial charge in [-0.3, -0.25) is 9.78 Å². The van der Waals surface area contributed by atoms with Crippen LogP contribution in [0.3, 0.4) is 0 Å². The van der Waals surface area contributed by atoms with Crippen molar-refractivity contribution in [3.63, 3.8) is 0 Å². The van der Waals surface area contributed by atoms with E-state index in [4.69, 9.17) is 0 Å². The molecule has 0 atom stereocenters. The molecule has 0 unspecified atom stereocenters. The topological polar surface area (TPSA) is 90.8 Å². The molecule has 126 valence electrons. The van der Waals surface area contributed by atoms with Crippen LogP contribution in [-0.4, -0.2) is 65.6 Å². The van der Waals surface area contributed by atoms with Gasteiger partial charge in [-0.25, -0.2) is 8.42 Å². The van der Waals surface area contributed by atoms with E-state index in [1.165, 1.54) is 10.6 Å². The van der Waals surface area contributed by atoms with Crippen LogP contribution >= 0.6 is 0 Å². The van der Waals surface area contributed by atoms with Gasteiger partial charge in [-0.2, -0.15) is 4.31 Å². The molecule has 3 rings (SSSR count). The van der Waals surface area contributed by atoms with Gasteiger partial charge in [0.1, 0.15) is 0 Å². The predicted molar refractivity (Wildman–Crippen MR) is 84.3 cm³/mol. The first-order valence-corrected chi connectivity index (χ1v) is 9.59. The second-order valence-corrected chi connectivity index (χ2v) is 8.18. The van der Waals surface area contributed by atoms with Gasteiger partial charge in [0.15, 0.2) is 0 Å². The second kappa shape index (κ2) is 6.18. The van der Waals surface area contributed by atoms with Gasteiger partial charge in [0.05, 0.1) is 17.9 Å². The molecule has 23 heavy (non-hydrogen) atoms. The SMILES string of the molecule is CS(=O)(=O)N1CCc2c(cncc2C(=O)N2CCC(O)CC2)C1. The Kier molecular flexibility index (Phi) is 4.39. The molecule has 7 nitrogen and oxygen atoms in total. The lowest BCUT2D eigenvalue weighted by Gasteiger charge is -2.32. The van der Waals surface area contributed by atoms with Gasteiger partial charge in [-0.05, 0) is 30.4 Å². The Morgan fingerprint density at radius 1 is 1.26 bits per heavy atom. The number of hydrogen-bond acceptors (Lipinski definition) is 5. The Labute approximate surface area is 136 Å². The summed E-state index contributed by atoms with van der Waals surface area (Å²) in [5, 5.41) is 9.56. The number of rotatable bonds is 2. The van der Waals surface area contributed by atoms with Crippen LogP contribution < -0.4 is 0 Å². The van der Waals surface area contributed by atoms with E-state index >= 15 is 0 Å². The molecule has 8 heteroatoms. The van der Waals surface area contributed by atoms with E-state index in [9.17, 15) is 18.3 Å². The number of piperidine rings is 1. The third-order valence-corrected chi connectivity index (χ3v) is 5.81. The normalized spacial score (nSPS) is 20.3. The third kappa shape index (κ3) is 3.39. The van der Waals surface area contributed by atoms with Gasteiger partial charge in [-0.15, -0.1) is 0 Å². The minimum absolute atomic E-state index is 0.0749. The van der Waals surface area contributed by atoms with Crippen LogP contribution in [0.4, 0.5) is 0 Å². The fraction of sp³-hybridized carbons (Fsp3) is 0.600. The predicted octanol–water partition coefficient (Wildman–Crippen LogP) is -0.00380. The number of sulfonamides is 1. The molecule has 1 amide bonds. The average molecular weight is 339 g/mol. The quantitative estimate of drug-likeness (QED) is 0.819. The monoisotopic (exact) mass is 339 g/mol. The Morgan fingerprint density at radius 3 is 2.61 bits per heavy atom. The summed E-state index contributed by atoms with van der Waals surface area (Å²) in [7, 11) is -3.25. The summed E-state index contributed by atoms with van der Waals surface area (Å²) < 4.78 is 24.8. The van der Waals surface area contributed by atoms with Crippen LogP contribution in [0.25, 0.3) is 0 Å². The summed E-state index contributed by atoms with van der Waals surface area (Å²) in [5.74, 6) is -0.0749. The van der Waals surface area contributed by atoms with E-state index < -0.39 is 10.0 Å². The fourth-order valence-electron chi connectivity index (χ4n) is 3.17. The molecule has 1 aromatic rings. The van der Waals surface area contributed by atoms with Crippen molar-refractivity contribution >= 4 is 15.9 Å². The van der Waals surface area contributed by atoms with E-state index in [0.717, 1.165) is 11.1 Å². The molecule has 3 heterocycles. The number of carbonyl (C=O) groups excluding carboxylic acids is 1. The average Bonchev–Trinajstić information content (AvgIpc) is 2.53. The maximum Gasteiger partial charge on any atom is 0.255 e. The third-order valence-electron chi connectivity index (χ3n) is 4.56. The van der Waals surface area contributed by atoms with E-state index in [2.05, 4.69) is 4.98 Å². The number of pyridine rings is 1. The highest BCUT2D eigenvalue weighted by atomic mass is 32.2. The Balaban J connectivity index is 1.84. The molecule has 1 saturated heterocycles. The van der Waals surface area contributed by atoms with Gasteiger partial charge >= 0.3 is 0 Å². The molecule has 1 fully saturated rings. The Bertz CT molecular complexity index is 711. The van der Waals surface area contributed by atoms with Gasteiger partial charge in [0, 0.05) is 38.6 Å². The number of aromatic nitrogens is 1. The zero-order chi connectivity index (χ0) is 16.6. The lowest BCUT2D eigenvalue weighted by Crippen LogP contribution is -2.41. The van der Waals surface area contributed by atoms with Crippen molar-refractivity contribution in [2.24, 2.45) is 0 Å². The molecule has 0 bridgehead atoms. The lowest BCUT2D eigenvalue weighted by molar-refractivity contribution is 0.0545. The molecule has 0 spiro atoms. The van der Waals surface area contributed by atoms with Gasteiger partial charge in [-0.1, -0.05) is 0 Å². The summed E-state index contributed by atoms with van der Waals surface area (Å²) in [6.07, 6.45) is 5.78. The Morgan fingerprint density at radius 2 is 1.96 bits per heavy atom. The first kappa shape index (κ1) is 16.4. The molecule has 1 aromatic heterocycles. The number of hydrogen-bond donors (Lipinski definition) is 1. The van der Waals surface area contributed by atoms with Crippen molar-refractivity contribution in [3.05, 3.63) is 29.1 Å². The van der Waals surface area contributed by atoms with Crippen LogP contribution in [-0.2, 0) is 23.0 Å². The molecule has 2 aliphatic heterocycles. The number of likely N-dealkylation sites (tertiary alicyclic amines) is 1. The van der Waals surface area contributed by atoms with E-state index in [0.29, 0.717) is 44.5 Å². The second-order valence-electron chi connectivity index (χ2n) is 6.19. The van der Waals surface area contributed by atoms with Gasteiger partial charge in [0.25, 0.3) is 5.91 Å². The van der Waals surface area contributed by atoms with Crippen molar-refractivity contribution in [1.29, 1.82) is 0 Å². The van der Waals surface area contributed by atoms with Crippen LogP contribution in [0.15, 0.2) is 12.4 Å². The van der Waals surface area contributed by atoms with E-state index in [1.807, 2.05) is 0 Å². The number of carbonyl (C=O) groups is 1. The number of amides is 1. The summed E-state index contributed by atoms with van der Waals surface area (Å²) in [6.45, 7) is 1.73. The number of fused-ring (bicyclic) bond motifs is 1. The molecular weight excluding hydrogens is 318 g/mol. The highest BCUT2D eigenvalue weighted by molar-refractivity contribution is 7.88. The first-order chi connectivity index (χ1) is 10.9. The van der Waals surface area contributed by atoms with Crippen LogP contribution in [0.2, 0.25) is 0 Å².